The lowest BCUT2D eigenvalue weighted by Gasteiger charge is -2.08. The first kappa shape index (κ1) is 12.2. The van der Waals surface area contributed by atoms with E-state index in [9.17, 15) is 4.39 Å². The summed E-state index contributed by atoms with van der Waals surface area (Å²) in [5, 5.41) is 0.511. The summed E-state index contributed by atoms with van der Waals surface area (Å²) in [6.45, 7) is 2.01. The molecule has 1 atom stereocenters. The van der Waals surface area contributed by atoms with Gasteiger partial charge in [0.1, 0.15) is 5.82 Å². The van der Waals surface area contributed by atoms with Crippen molar-refractivity contribution in [2.24, 2.45) is 0 Å². The van der Waals surface area contributed by atoms with E-state index >= 15 is 0 Å². The van der Waals surface area contributed by atoms with Crippen LogP contribution in [0.25, 0.3) is 0 Å². The number of rotatable bonds is 4. The topological polar surface area (TPSA) is 0 Å². The fourth-order valence-corrected chi connectivity index (χ4v) is 2.17. The summed E-state index contributed by atoms with van der Waals surface area (Å²) in [7, 11) is 0. The number of hydrogen-bond acceptors (Lipinski definition) is 1. The molecule has 1 rings (SSSR count). The molecule has 0 nitrogen and oxygen atoms in total. The highest BCUT2D eigenvalue weighted by Gasteiger charge is 2.07. The molecule has 1 aromatic rings. The van der Waals surface area contributed by atoms with Crippen LogP contribution >= 0.6 is 35.0 Å². The molecular formula is C10H11Cl2FS. The third-order valence-corrected chi connectivity index (χ3v) is 3.92. The van der Waals surface area contributed by atoms with Crippen LogP contribution in [0.4, 0.5) is 4.39 Å². The average molecular weight is 253 g/mol. The number of benzene rings is 1. The lowest BCUT2D eigenvalue weighted by molar-refractivity contribution is 0.617. The molecule has 0 aromatic heterocycles. The molecule has 0 N–H and O–H groups in total. The normalized spacial score (nSPS) is 12.9. The predicted molar refractivity (Wildman–Crippen MR) is 62.9 cm³/mol. The smallest absolute Gasteiger partial charge is 0.145 e. The van der Waals surface area contributed by atoms with Gasteiger partial charge in [-0.25, -0.2) is 4.39 Å². The molecule has 0 aliphatic rings. The summed E-state index contributed by atoms with van der Waals surface area (Å²) < 4.78 is 13.4. The second-order valence-corrected chi connectivity index (χ2v) is 5.13. The van der Waals surface area contributed by atoms with Gasteiger partial charge in [0.2, 0.25) is 0 Å². The first-order valence-corrected chi connectivity index (χ1v) is 6.21. The molecule has 0 saturated carbocycles. The number of hydrogen-bond donors (Lipinski definition) is 0. The molecule has 1 unspecified atom stereocenters. The van der Waals surface area contributed by atoms with Gasteiger partial charge in [0.25, 0.3) is 0 Å². The number of alkyl halides is 1. The zero-order valence-electron chi connectivity index (χ0n) is 7.77. The Bertz CT molecular complexity index is 304. The summed E-state index contributed by atoms with van der Waals surface area (Å²) >= 11 is 12.9. The fraction of sp³-hybridized carbons (Fsp3) is 0.400. The van der Waals surface area contributed by atoms with Gasteiger partial charge in [-0.1, -0.05) is 30.7 Å². The Morgan fingerprint density at radius 1 is 1.50 bits per heavy atom. The Morgan fingerprint density at radius 2 is 2.21 bits per heavy atom. The highest BCUT2D eigenvalue weighted by molar-refractivity contribution is 7.99. The maximum absolute atomic E-state index is 13.4. The monoisotopic (exact) mass is 252 g/mol. The van der Waals surface area contributed by atoms with Gasteiger partial charge in [0.15, 0.2) is 0 Å². The molecule has 0 saturated heterocycles. The van der Waals surface area contributed by atoms with Gasteiger partial charge < -0.3 is 0 Å². The van der Waals surface area contributed by atoms with Gasteiger partial charge in [-0.2, -0.15) is 11.8 Å². The molecule has 0 amide bonds. The standard InChI is InChI=1S/C10H11Cl2FS/c1-7(5-11)14-6-8-3-2-4-9(12)10(8)13/h2-4,7H,5-6H2,1H3. The van der Waals surface area contributed by atoms with Crippen molar-refractivity contribution in [2.75, 3.05) is 5.88 Å². The summed E-state index contributed by atoms with van der Waals surface area (Å²) in [6, 6.07) is 5.05. The Balaban J connectivity index is 2.63. The van der Waals surface area contributed by atoms with Crippen molar-refractivity contribution in [3.8, 4) is 0 Å². The maximum Gasteiger partial charge on any atom is 0.145 e. The van der Waals surface area contributed by atoms with E-state index in [0.29, 0.717) is 22.4 Å². The minimum Gasteiger partial charge on any atom is -0.205 e. The highest BCUT2D eigenvalue weighted by atomic mass is 35.5. The summed E-state index contributed by atoms with van der Waals surface area (Å²) in [5.41, 5.74) is 0.638. The molecule has 0 fully saturated rings. The van der Waals surface area contributed by atoms with Crippen LogP contribution in [0.1, 0.15) is 12.5 Å². The molecule has 0 spiro atoms. The van der Waals surface area contributed by atoms with Crippen LogP contribution < -0.4 is 0 Å². The Hall–Kier alpha value is 0.0800. The zero-order valence-corrected chi connectivity index (χ0v) is 10.1. The van der Waals surface area contributed by atoms with Gasteiger partial charge in [0.05, 0.1) is 5.02 Å². The third kappa shape index (κ3) is 3.34. The third-order valence-electron chi connectivity index (χ3n) is 1.77. The average Bonchev–Trinajstić information content (AvgIpc) is 2.20. The second-order valence-electron chi connectivity index (χ2n) is 2.99. The van der Waals surface area contributed by atoms with Crippen LogP contribution in [0.5, 0.6) is 0 Å². The van der Waals surface area contributed by atoms with Gasteiger partial charge in [0, 0.05) is 16.9 Å². The SMILES string of the molecule is CC(CCl)SCc1cccc(Cl)c1F. The Kier molecular flexibility index (Phi) is 5.07. The molecule has 0 radical (unpaired) electrons. The molecule has 0 heterocycles. The molecular weight excluding hydrogens is 242 g/mol. The van der Waals surface area contributed by atoms with E-state index in [4.69, 9.17) is 23.2 Å². The van der Waals surface area contributed by atoms with Gasteiger partial charge in [-0.3, -0.25) is 0 Å². The number of halogens is 3. The van der Waals surface area contributed by atoms with E-state index in [0.717, 1.165) is 0 Å². The Morgan fingerprint density at radius 3 is 2.86 bits per heavy atom. The van der Waals surface area contributed by atoms with Crippen molar-refractivity contribution in [3.63, 3.8) is 0 Å². The minimum absolute atomic E-state index is 0.182. The Labute approximate surface area is 97.8 Å². The van der Waals surface area contributed by atoms with Crippen LogP contribution in [0.3, 0.4) is 0 Å². The van der Waals surface area contributed by atoms with Crippen molar-refractivity contribution in [1.29, 1.82) is 0 Å². The second kappa shape index (κ2) is 5.84. The van der Waals surface area contributed by atoms with Crippen molar-refractivity contribution >= 4 is 35.0 Å². The predicted octanol–water partition coefficient (Wildman–Crippen LogP) is 4.34. The van der Waals surface area contributed by atoms with E-state index in [-0.39, 0.29) is 10.8 Å². The molecule has 4 heteroatoms. The van der Waals surface area contributed by atoms with E-state index in [1.54, 1.807) is 30.0 Å². The summed E-state index contributed by atoms with van der Waals surface area (Å²) in [5.74, 6) is 0.871. The summed E-state index contributed by atoms with van der Waals surface area (Å²) in [4.78, 5) is 0. The lowest BCUT2D eigenvalue weighted by atomic mass is 10.2. The van der Waals surface area contributed by atoms with Gasteiger partial charge in [-0.15, -0.1) is 11.6 Å². The van der Waals surface area contributed by atoms with Crippen molar-refractivity contribution < 1.29 is 4.39 Å². The molecule has 0 aliphatic carbocycles. The van der Waals surface area contributed by atoms with Crippen LogP contribution in [0.15, 0.2) is 18.2 Å². The first-order chi connectivity index (χ1) is 6.65. The lowest BCUT2D eigenvalue weighted by Crippen LogP contribution is -1.99. The molecule has 14 heavy (non-hydrogen) atoms. The van der Waals surface area contributed by atoms with E-state index in [1.807, 2.05) is 6.92 Å². The largest absolute Gasteiger partial charge is 0.205 e. The van der Waals surface area contributed by atoms with Gasteiger partial charge in [-0.05, 0) is 11.6 Å². The molecule has 0 aliphatic heterocycles. The summed E-state index contributed by atoms with van der Waals surface area (Å²) in [6.07, 6.45) is 0. The van der Waals surface area contributed by atoms with Crippen LogP contribution in [-0.2, 0) is 5.75 Å². The van der Waals surface area contributed by atoms with Crippen LogP contribution in [-0.4, -0.2) is 11.1 Å². The van der Waals surface area contributed by atoms with Crippen molar-refractivity contribution in [2.45, 2.75) is 17.9 Å². The molecule has 1 aromatic carbocycles. The fourth-order valence-electron chi connectivity index (χ4n) is 0.937. The maximum atomic E-state index is 13.4. The first-order valence-electron chi connectivity index (χ1n) is 4.25. The highest BCUT2D eigenvalue weighted by Crippen LogP contribution is 2.24. The molecule has 78 valence electrons. The number of thioether (sulfide) groups is 1. The zero-order chi connectivity index (χ0) is 10.6. The van der Waals surface area contributed by atoms with E-state index in [1.165, 1.54) is 0 Å². The van der Waals surface area contributed by atoms with Crippen molar-refractivity contribution in [3.05, 3.63) is 34.6 Å². The minimum atomic E-state index is -0.316. The quantitative estimate of drug-likeness (QED) is 0.719. The van der Waals surface area contributed by atoms with Crippen LogP contribution in [0, 0.1) is 5.82 Å². The van der Waals surface area contributed by atoms with E-state index in [2.05, 4.69) is 0 Å². The van der Waals surface area contributed by atoms with Crippen molar-refractivity contribution in [1.82, 2.24) is 0 Å². The van der Waals surface area contributed by atoms with Gasteiger partial charge >= 0.3 is 0 Å². The molecule has 0 bridgehead atoms. The van der Waals surface area contributed by atoms with Crippen LogP contribution in [0.2, 0.25) is 5.02 Å². The van der Waals surface area contributed by atoms with E-state index < -0.39 is 0 Å².